The van der Waals surface area contributed by atoms with E-state index in [4.69, 9.17) is 5.11 Å². The molecule has 0 bridgehead atoms. The maximum Gasteiger partial charge on any atom is 0.163 e. The molecular weight excluding hydrogens is 208 g/mol. The molecule has 16 heavy (non-hydrogen) atoms. The Bertz CT molecular complexity index is 457. The van der Waals surface area contributed by atoms with E-state index in [0.717, 1.165) is 0 Å². The summed E-state index contributed by atoms with van der Waals surface area (Å²) in [6, 6.07) is -0.0907. The highest BCUT2D eigenvalue weighted by molar-refractivity contribution is 5.68. The van der Waals surface area contributed by atoms with Crippen molar-refractivity contribution in [3.8, 4) is 0 Å². The number of rotatable bonds is 5. The summed E-state index contributed by atoms with van der Waals surface area (Å²) in [5.74, 6) is 0. The Kier molecular flexibility index (Phi) is 3.43. The lowest BCUT2D eigenvalue weighted by molar-refractivity contribution is 0.205. The van der Waals surface area contributed by atoms with Crippen molar-refractivity contribution in [2.75, 3.05) is 13.2 Å². The number of aliphatic hydroxyl groups excluding tert-OH is 2. The van der Waals surface area contributed by atoms with Crippen molar-refractivity contribution < 1.29 is 10.2 Å². The lowest BCUT2D eigenvalue weighted by Gasteiger charge is -2.15. The number of hydrogen-bond acceptors (Lipinski definition) is 5. The van der Waals surface area contributed by atoms with Crippen LogP contribution in [0.2, 0.25) is 0 Å². The molecule has 0 aromatic carbocycles. The monoisotopic (exact) mass is 222 g/mol. The Balaban J connectivity index is 2.30. The minimum Gasteiger partial charge on any atom is -0.396 e. The molecule has 1 atom stereocenters. The first-order valence-electron chi connectivity index (χ1n) is 5.21. The van der Waals surface area contributed by atoms with E-state index in [2.05, 4.69) is 15.0 Å². The van der Waals surface area contributed by atoms with Crippen LogP contribution in [0.25, 0.3) is 11.2 Å². The summed E-state index contributed by atoms with van der Waals surface area (Å²) < 4.78 is 1.83. The van der Waals surface area contributed by atoms with Gasteiger partial charge in [0.2, 0.25) is 0 Å². The van der Waals surface area contributed by atoms with E-state index in [0.29, 0.717) is 24.0 Å². The zero-order chi connectivity index (χ0) is 11.4. The van der Waals surface area contributed by atoms with E-state index < -0.39 is 0 Å². The molecule has 0 amide bonds. The van der Waals surface area contributed by atoms with Gasteiger partial charge in [0.15, 0.2) is 5.65 Å². The molecule has 2 N–H and O–H groups in total. The van der Waals surface area contributed by atoms with Crippen LogP contribution in [0.5, 0.6) is 0 Å². The van der Waals surface area contributed by atoms with Gasteiger partial charge in [-0.25, -0.2) is 15.0 Å². The van der Waals surface area contributed by atoms with Crippen molar-refractivity contribution in [1.29, 1.82) is 0 Å². The SMILES string of the molecule is OCCCC(CO)n1cnc2cncnc21. The van der Waals surface area contributed by atoms with Crippen LogP contribution in [0.4, 0.5) is 0 Å². The Hall–Kier alpha value is -1.53. The summed E-state index contributed by atoms with van der Waals surface area (Å²) in [5.41, 5.74) is 1.43. The van der Waals surface area contributed by atoms with Gasteiger partial charge in [0, 0.05) is 6.61 Å². The van der Waals surface area contributed by atoms with Crippen molar-refractivity contribution in [1.82, 2.24) is 19.5 Å². The average molecular weight is 222 g/mol. The number of aliphatic hydroxyl groups is 2. The highest BCUT2D eigenvalue weighted by atomic mass is 16.3. The second-order valence-corrected chi connectivity index (χ2v) is 3.59. The van der Waals surface area contributed by atoms with Crippen molar-refractivity contribution in [2.24, 2.45) is 0 Å². The maximum atomic E-state index is 9.31. The van der Waals surface area contributed by atoms with E-state index in [1.54, 1.807) is 12.5 Å². The van der Waals surface area contributed by atoms with Crippen LogP contribution in [-0.4, -0.2) is 42.9 Å². The third-order valence-electron chi connectivity index (χ3n) is 2.54. The molecule has 0 aliphatic carbocycles. The summed E-state index contributed by atoms with van der Waals surface area (Å²) in [5, 5.41) is 18.1. The molecule has 6 nitrogen and oxygen atoms in total. The lowest BCUT2D eigenvalue weighted by atomic mass is 10.2. The van der Waals surface area contributed by atoms with E-state index >= 15 is 0 Å². The third kappa shape index (κ3) is 2.02. The highest BCUT2D eigenvalue weighted by Crippen LogP contribution is 2.18. The van der Waals surface area contributed by atoms with Gasteiger partial charge < -0.3 is 14.8 Å². The van der Waals surface area contributed by atoms with Crippen LogP contribution in [0.1, 0.15) is 18.9 Å². The first kappa shape index (κ1) is 11.0. The Morgan fingerprint density at radius 3 is 2.94 bits per heavy atom. The normalized spacial score (nSPS) is 13.1. The topological polar surface area (TPSA) is 84.1 Å². The molecule has 2 heterocycles. The fraction of sp³-hybridized carbons (Fsp3) is 0.500. The van der Waals surface area contributed by atoms with Crippen LogP contribution in [0.15, 0.2) is 18.9 Å². The van der Waals surface area contributed by atoms with Crippen LogP contribution in [0.3, 0.4) is 0 Å². The van der Waals surface area contributed by atoms with Crippen LogP contribution >= 0.6 is 0 Å². The standard InChI is InChI=1S/C10H14N4O2/c15-3-1-2-8(5-16)14-7-13-9-4-11-6-12-10(9)14/h4,6-8,15-16H,1-3,5H2. The molecule has 86 valence electrons. The van der Waals surface area contributed by atoms with E-state index in [9.17, 15) is 5.11 Å². The van der Waals surface area contributed by atoms with Gasteiger partial charge in [-0.3, -0.25) is 0 Å². The molecule has 1 unspecified atom stereocenters. The summed E-state index contributed by atoms with van der Waals surface area (Å²) in [7, 11) is 0. The summed E-state index contributed by atoms with van der Waals surface area (Å²) in [6.07, 6.45) is 6.09. The fourth-order valence-electron chi connectivity index (χ4n) is 1.70. The van der Waals surface area contributed by atoms with E-state index in [1.807, 2.05) is 4.57 Å². The molecule has 0 aliphatic heterocycles. The zero-order valence-electron chi connectivity index (χ0n) is 8.82. The minimum atomic E-state index is -0.0907. The minimum absolute atomic E-state index is 0.00939. The number of fused-ring (bicyclic) bond motifs is 1. The highest BCUT2D eigenvalue weighted by Gasteiger charge is 2.13. The van der Waals surface area contributed by atoms with Gasteiger partial charge in [-0.15, -0.1) is 0 Å². The smallest absolute Gasteiger partial charge is 0.163 e. The van der Waals surface area contributed by atoms with Gasteiger partial charge in [-0.1, -0.05) is 0 Å². The second kappa shape index (κ2) is 5.00. The number of nitrogens with zero attached hydrogens (tertiary/aromatic N) is 4. The summed E-state index contributed by atoms with van der Waals surface area (Å²) in [4.78, 5) is 12.2. The van der Waals surface area contributed by atoms with Gasteiger partial charge >= 0.3 is 0 Å². The van der Waals surface area contributed by atoms with Gasteiger partial charge in [-0.2, -0.15) is 0 Å². The number of imidazole rings is 1. The van der Waals surface area contributed by atoms with Gasteiger partial charge in [0.1, 0.15) is 11.8 Å². The molecule has 0 aliphatic rings. The fourth-order valence-corrected chi connectivity index (χ4v) is 1.70. The second-order valence-electron chi connectivity index (χ2n) is 3.59. The molecule has 2 aromatic rings. The van der Waals surface area contributed by atoms with Crippen LogP contribution in [-0.2, 0) is 0 Å². The molecule has 0 fully saturated rings. The molecule has 0 radical (unpaired) electrons. The van der Waals surface area contributed by atoms with E-state index in [-0.39, 0.29) is 19.3 Å². The summed E-state index contributed by atoms with van der Waals surface area (Å²) >= 11 is 0. The molecule has 0 saturated heterocycles. The zero-order valence-corrected chi connectivity index (χ0v) is 8.82. The van der Waals surface area contributed by atoms with Crippen molar-refractivity contribution in [2.45, 2.75) is 18.9 Å². The number of aromatic nitrogens is 4. The van der Waals surface area contributed by atoms with Crippen molar-refractivity contribution in [3.63, 3.8) is 0 Å². The average Bonchev–Trinajstić information content (AvgIpc) is 2.75. The predicted octanol–water partition coefficient (Wildman–Crippen LogP) is 0.132. The van der Waals surface area contributed by atoms with Crippen molar-refractivity contribution in [3.05, 3.63) is 18.9 Å². The maximum absolute atomic E-state index is 9.31. The first-order chi connectivity index (χ1) is 7.86. The van der Waals surface area contributed by atoms with E-state index in [1.165, 1.54) is 6.33 Å². The molecule has 6 heteroatoms. The molecule has 2 rings (SSSR count). The summed E-state index contributed by atoms with van der Waals surface area (Å²) in [6.45, 7) is 0.133. The Labute approximate surface area is 92.6 Å². The first-order valence-corrected chi connectivity index (χ1v) is 5.21. The van der Waals surface area contributed by atoms with Crippen LogP contribution in [0, 0.1) is 0 Å². The largest absolute Gasteiger partial charge is 0.396 e. The molecule has 0 spiro atoms. The Morgan fingerprint density at radius 2 is 2.19 bits per heavy atom. The van der Waals surface area contributed by atoms with Gasteiger partial charge in [0.25, 0.3) is 0 Å². The predicted molar refractivity (Wildman–Crippen MR) is 57.8 cm³/mol. The quantitative estimate of drug-likeness (QED) is 0.751. The number of hydrogen-bond donors (Lipinski definition) is 2. The van der Waals surface area contributed by atoms with Gasteiger partial charge in [-0.05, 0) is 12.8 Å². The molecule has 2 aromatic heterocycles. The molecular formula is C10H14N4O2. The van der Waals surface area contributed by atoms with Gasteiger partial charge in [0.05, 0.1) is 25.2 Å². The third-order valence-corrected chi connectivity index (χ3v) is 2.54. The lowest BCUT2D eigenvalue weighted by Crippen LogP contribution is -2.13. The molecule has 0 saturated carbocycles. The van der Waals surface area contributed by atoms with Crippen molar-refractivity contribution >= 4 is 11.2 Å². The Morgan fingerprint density at radius 1 is 1.31 bits per heavy atom. The van der Waals surface area contributed by atoms with Crippen LogP contribution < -0.4 is 0 Å².